The molecule has 0 heterocycles. The topological polar surface area (TPSA) is 52.6 Å². The van der Waals surface area contributed by atoms with E-state index in [1.54, 1.807) is 0 Å². The molecule has 0 aliphatic heterocycles. The van der Waals surface area contributed by atoms with Crippen molar-refractivity contribution in [3.8, 4) is 0 Å². The largest absolute Gasteiger partial charge is 0.461 e. The third-order valence-electron chi connectivity index (χ3n) is 2.72. The first-order valence-corrected chi connectivity index (χ1v) is 5.80. The summed E-state index contributed by atoms with van der Waals surface area (Å²) >= 11 is 6.34. The van der Waals surface area contributed by atoms with Crippen molar-refractivity contribution >= 4 is 23.5 Å². The van der Waals surface area contributed by atoms with E-state index in [2.05, 4.69) is 4.74 Å². The Labute approximate surface area is 101 Å². The summed E-state index contributed by atoms with van der Waals surface area (Å²) in [7, 11) is 1.14. The molecule has 0 radical (unpaired) electrons. The number of esters is 2. The van der Waals surface area contributed by atoms with Gasteiger partial charge in [0.15, 0.2) is 0 Å². The molecule has 1 atom stereocenters. The first-order chi connectivity index (χ1) is 7.45. The van der Waals surface area contributed by atoms with Crippen LogP contribution in [0.25, 0.3) is 0 Å². The summed E-state index contributed by atoms with van der Waals surface area (Å²) in [6, 6.07) is 0. The predicted octanol–water partition coefficient (Wildman–Crippen LogP) is 2.28. The number of carbonyl (C=O) groups excluding carboxylic acids is 2. The van der Waals surface area contributed by atoms with Crippen LogP contribution in [0.5, 0.6) is 0 Å². The Balaban J connectivity index is 4.63. The maximum atomic E-state index is 11.3. The molecule has 4 nitrogen and oxygen atoms in total. The molecule has 0 aromatic rings. The van der Waals surface area contributed by atoms with E-state index < -0.39 is 22.9 Å². The lowest BCUT2D eigenvalue weighted by Crippen LogP contribution is -2.40. The summed E-state index contributed by atoms with van der Waals surface area (Å²) in [6.45, 7) is 5.70. The fourth-order valence-corrected chi connectivity index (χ4v) is 1.72. The minimum absolute atomic E-state index is 0.476. The lowest BCUT2D eigenvalue weighted by atomic mass is 9.93. The number of hydrogen-bond acceptors (Lipinski definition) is 4. The van der Waals surface area contributed by atoms with Crippen LogP contribution in [0.1, 0.15) is 40.0 Å². The molecular weight excluding hydrogens is 232 g/mol. The fraction of sp³-hybridized carbons (Fsp3) is 0.818. The highest BCUT2D eigenvalue weighted by Crippen LogP contribution is 2.32. The summed E-state index contributed by atoms with van der Waals surface area (Å²) in [5, 5.41) is 0. The summed E-state index contributed by atoms with van der Waals surface area (Å²) in [5.74, 6) is -1.98. The molecule has 0 aromatic heterocycles. The Morgan fingerprint density at radius 3 is 2.00 bits per heavy atom. The van der Waals surface area contributed by atoms with E-state index in [4.69, 9.17) is 16.3 Å². The number of rotatable bonds is 5. The molecular formula is C11H19ClO4. The van der Waals surface area contributed by atoms with E-state index in [0.717, 1.165) is 7.11 Å². The molecule has 16 heavy (non-hydrogen) atoms. The first kappa shape index (κ1) is 15.2. The number of halogens is 1. The second-order valence-corrected chi connectivity index (χ2v) is 4.29. The van der Waals surface area contributed by atoms with Gasteiger partial charge in [-0.05, 0) is 19.3 Å². The van der Waals surface area contributed by atoms with Crippen LogP contribution in [0.4, 0.5) is 0 Å². The van der Waals surface area contributed by atoms with Gasteiger partial charge < -0.3 is 9.47 Å². The van der Waals surface area contributed by atoms with Crippen molar-refractivity contribution in [3.63, 3.8) is 0 Å². The van der Waals surface area contributed by atoms with Crippen LogP contribution < -0.4 is 0 Å². The standard InChI is InChI=1S/C11H19ClO4/c1-5-8(11(12,6-2)7-3)16-10(14)9(13)15-4/h8H,5-7H2,1-4H3. The zero-order chi connectivity index (χ0) is 12.8. The Morgan fingerprint density at radius 2 is 1.69 bits per heavy atom. The van der Waals surface area contributed by atoms with E-state index in [1.807, 2.05) is 20.8 Å². The van der Waals surface area contributed by atoms with Crippen LogP contribution in [-0.4, -0.2) is 30.0 Å². The molecule has 0 aliphatic rings. The monoisotopic (exact) mass is 250 g/mol. The average Bonchev–Trinajstić information content (AvgIpc) is 2.33. The van der Waals surface area contributed by atoms with Crippen LogP contribution in [0.15, 0.2) is 0 Å². The second-order valence-electron chi connectivity index (χ2n) is 3.54. The second kappa shape index (κ2) is 6.74. The third-order valence-corrected chi connectivity index (χ3v) is 3.50. The summed E-state index contributed by atoms with van der Waals surface area (Å²) in [5.41, 5.74) is 0. The Morgan fingerprint density at radius 1 is 1.19 bits per heavy atom. The Bertz CT molecular complexity index is 248. The van der Waals surface area contributed by atoms with Crippen LogP contribution in [-0.2, 0) is 19.1 Å². The maximum Gasteiger partial charge on any atom is 0.417 e. The summed E-state index contributed by atoms with van der Waals surface area (Å²) in [6.07, 6.45) is 1.42. The number of ether oxygens (including phenoxy) is 2. The lowest BCUT2D eigenvalue weighted by Gasteiger charge is -2.32. The van der Waals surface area contributed by atoms with Crippen molar-refractivity contribution in [2.45, 2.75) is 51.0 Å². The SMILES string of the molecule is CCC(OC(=O)C(=O)OC)C(Cl)(CC)CC. The zero-order valence-electron chi connectivity index (χ0n) is 10.2. The van der Waals surface area contributed by atoms with Gasteiger partial charge in [0.25, 0.3) is 0 Å². The van der Waals surface area contributed by atoms with Crippen molar-refractivity contribution in [1.82, 2.24) is 0 Å². The van der Waals surface area contributed by atoms with E-state index >= 15 is 0 Å². The Hall–Kier alpha value is -0.770. The average molecular weight is 251 g/mol. The molecule has 0 aromatic carbocycles. The first-order valence-electron chi connectivity index (χ1n) is 5.42. The summed E-state index contributed by atoms with van der Waals surface area (Å²) < 4.78 is 9.33. The van der Waals surface area contributed by atoms with Gasteiger partial charge in [-0.15, -0.1) is 11.6 Å². The minimum Gasteiger partial charge on any atom is -0.461 e. The highest BCUT2D eigenvalue weighted by molar-refractivity contribution is 6.30. The quantitative estimate of drug-likeness (QED) is 0.427. The molecule has 0 saturated carbocycles. The molecule has 0 rings (SSSR count). The molecule has 0 N–H and O–H groups in total. The van der Waals surface area contributed by atoms with E-state index in [0.29, 0.717) is 19.3 Å². The number of carbonyl (C=O) groups is 2. The van der Waals surface area contributed by atoms with Crippen molar-refractivity contribution in [3.05, 3.63) is 0 Å². The van der Waals surface area contributed by atoms with Gasteiger partial charge >= 0.3 is 11.9 Å². The van der Waals surface area contributed by atoms with Crippen LogP contribution >= 0.6 is 11.6 Å². The number of hydrogen-bond donors (Lipinski definition) is 0. The summed E-state index contributed by atoms with van der Waals surface area (Å²) in [4.78, 5) is 21.6. The smallest absolute Gasteiger partial charge is 0.417 e. The van der Waals surface area contributed by atoms with Gasteiger partial charge in [-0.2, -0.15) is 0 Å². The molecule has 0 spiro atoms. The van der Waals surface area contributed by atoms with Gasteiger partial charge in [0.1, 0.15) is 6.10 Å². The van der Waals surface area contributed by atoms with Crippen molar-refractivity contribution in [2.24, 2.45) is 0 Å². The highest BCUT2D eigenvalue weighted by atomic mass is 35.5. The highest BCUT2D eigenvalue weighted by Gasteiger charge is 2.36. The van der Waals surface area contributed by atoms with Crippen LogP contribution in [0.2, 0.25) is 0 Å². The van der Waals surface area contributed by atoms with Gasteiger partial charge in [0, 0.05) is 0 Å². The fourth-order valence-electron chi connectivity index (χ4n) is 1.52. The lowest BCUT2D eigenvalue weighted by molar-refractivity contribution is -0.170. The molecule has 0 bridgehead atoms. The molecule has 0 saturated heterocycles. The van der Waals surface area contributed by atoms with Crippen LogP contribution in [0.3, 0.4) is 0 Å². The number of alkyl halides is 1. The van der Waals surface area contributed by atoms with Crippen molar-refractivity contribution in [2.75, 3.05) is 7.11 Å². The van der Waals surface area contributed by atoms with E-state index in [-0.39, 0.29) is 0 Å². The van der Waals surface area contributed by atoms with E-state index in [1.165, 1.54) is 0 Å². The minimum atomic E-state index is -0.996. The molecule has 5 heteroatoms. The van der Waals surface area contributed by atoms with E-state index in [9.17, 15) is 9.59 Å². The number of methoxy groups -OCH3 is 1. The molecule has 0 aliphatic carbocycles. The molecule has 94 valence electrons. The van der Waals surface area contributed by atoms with Gasteiger partial charge in [-0.25, -0.2) is 9.59 Å². The van der Waals surface area contributed by atoms with Crippen molar-refractivity contribution < 1.29 is 19.1 Å². The van der Waals surface area contributed by atoms with Gasteiger partial charge in [-0.1, -0.05) is 20.8 Å². The normalized spacial score (nSPS) is 13.1. The van der Waals surface area contributed by atoms with Crippen molar-refractivity contribution in [1.29, 1.82) is 0 Å². The molecule has 0 amide bonds. The Kier molecular flexibility index (Phi) is 6.41. The van der Waals surface area contributed by atoms with Gasteiger partial charge in [-0.3, -0.25) is 0 Å². The van der Waals surface area contributed by atoms with Crippen LogP contribution in [0, 0.1) is 0 Å². The third kappa shape index (κ3) is 3.67. The zero-order valence-corrected chi connectivity index (χ0v) is 11.0. The predicted molar refractivity (Wildman–Crippen MR) is 61.4 cm³/mol. The molecule has 1 unspecified atom stereocenters. The maximum absolute atomic E-state index is 11.3. The van der Waals surface area contributed by atoms with Gasteiger partial charge in [0.2, 0.25) is 0 Å². The van der Waals surface area contributed by atoms with Gasteiger partial charge in [0.05, 0.1) is 12.0 Å². The molecule has 0 fully saturated rings.